The number of nitrogens with one attached hydrogen (secondary N) is 1. The highest BCUT2D eigenvalue weighted by Crippen LogP contribution is 2.22. The van der Waals surface area contributed by atoms with Crippen LogP contribution in [0.2, 0.25) is 0 Å². The Bertz CT molecular complexity index is 525. The molecule has 5 heteroatoms. The molecule has 1 aliphatic rings. The Balaban J connectivity index is 2.19. The van der Waals surface area contributed by atoms with E-state index in [1.54, 1.807) is 24.3 Å². The van der Waals surface area contributed by atoms with Crippen molar-refractivity contribution in [1.82, 2.24) is 4.72 Å². The van der Waals surface area contributed by atoms with Crippen molar-refractivity contribution in [1.29, 1.82) is 0 Å². The molecule has 2 rings (SSSR count). The summed E-state index contributed by atoms with van der Waals surface area (Å²) in [6.45, 7) is 0. The molecule has 0 saturated carbocycles. The third-order valence-electron chi connectivity index (χ3n) is 2.72. The first-order valence-corrected chi connectivity index (χ1v) is 7.79. The molecule has 1 N–H and O–H groups in total. The van der Waals surface area contributed by atoms with E-state index in [1.807, 2.05) is 6.08 Å². The van der Waals surface area contributed by atoms with E-state index in [4.69, 9.17) is 0 Å². The zero-order chi connectivity index (χ0) is 12.3. The summed E-state index contributed by atoms with van der Waals surface area (Å²) in [5, 5.41) is 0. The minimum absolute atomic E-state index is 0.0112. The van der Waals surface area contributed by atoms with Gasteiger partial charge in [-0.1, -0.05) is 24.3 Å². The quantitative estimate of drug-likeness (QED) is 0.872. The fourth-order valence-electron chi connectivity index (χ4n) is 1.85. The van der Waals surface area contributed by atoms with Crippen molar-refractivity contribution in [2.75, 3.05) is 0 Å². The maximum absolute atomic E-state index is 12.2. The molecule has 1 aromatic carbocycles. The summed E-state index contributed by atoms with van der Waals surface area (Å²) in [7, 11) is -3.42. The number of hydrogen-bond acceptors (Lipinski definition) is 2. The standard InChI is InChI=1S/C12H14BrNO2S/c13-11-8-4-5-9-12(11)17(15,16)14-10-6-2-1-3-7-10/h1-2,4-5,8-10,14H,3,6-7H2. The van der Waals surface area contributed by atoms with Crippen LogP contribution >= 0.6 is 15.9 Å². The number of halogens is 1. The first kappa shape index (κ1) is 12.8. The maximum atomic E-state index is 12.2. The molecule has 17 heavy (non-hydrogen) atoms. The minimum atomic E-state index is -3.42. The fraction of sp³-hybridized carbons (Fsp3) is 0.333. The first-order valence-electron chi connectivity index (χ1n) is 5.51. The molecule has 1 unspecified atom stereocenters. The molecule has 0 heterocycles. The van der Waals surface area contributed by atoms with Gasteiger partial charge in [0.2, 0.25) is 10.0 Å². The van der Waals surface area contributed by atoms with Gasteiger partial charge in [-0.25, -0.2) is 13.1 Å². The van der Waals surface area contributed by atoms with E-state index in [0.717, 1.165) is 19.3 Å². The van der Waals surface area contributed by atoms with E-state index < -0.39 is 10.0 Å². The van der Waals surface area contributed by atoms with Gasteiger partial charge < -0.3 is 0 Å². The Morgan fingerprint density at radius 1 is 1.24 bits per heavy atom. The Labute approximate surface area is 110 Å². The molecule has 0 fully saturated rings. The summed E-state index contributed by atoms with van der Waals surface area (Å²) < 4.78 is 27.7. The second-order valence-corrected chi connectivity index (χ2v) is 6.57. The third-order valence-corrected chi connectivity index (χ3v) is 5.25. The van der Waals surface area contributed by atoms with Crippen molar-refractivity contribution in [2.45, 2.75) is 30.2 Å². The molecule has 0 saturated heterocycles. The lowest BCUT2D eigenvalue weighted by molar-refractivity contribution is 0.522. The molecule has 1 aromatic rings. The van der Waals surface area contributed by atoms with Crippen LogP contribution in [0, 0.1) is 0 Å². The average Bonchev–Trinajstić information content (AvgIpc) is 2.30. The first-order chi connectivity index (χ1) is 8.09. The van der Waals surface area contributed by atoms with E-state index >= 15 is 0 Å². The lowest BCUT2D eigenvalue weighted by atomic mass is 10.0. The van der Waals surface area contributed by atoms with Crippen LogP contribution in [-0.2, 0) is 10.0 Å². The van der Waals surface area contributed by atoms with Crippen molar-refractivity contribution in [3.8, 4) is 0 Å². The lowest BCUT2D eigenvalue weighted by Gasteiger charge is -2.19. The average molecular weight is 316 g/mol. The molecular weight excluding hydrogens is 302 g/mol. The molecule has 0 bridgehead atoms. The van der Waals surface area contributed by atoms with Crippen LogP contribution in [0.25, 0.3) is 0 Å². The van der Waals surface area contributed by atoms with Gasteiger partial charge in [-0.2, -0.15) is 0 Å². The highest BCUT2D eigenvalue weighted by Gasteiger charge is 2.21. The van der Waals surface area contributed by atoms with E-state index in [-0.39, 0.29) is 6.04 Å². The molecule has 3 nitrogen and oxygen atoms in total. The third kappa shape index (κ3) is 3.18. The van der Waals surface area contributed by atoms with Gasteiger partial charge in [0.05, 0.1) is 4.90 Å². The number of sulfonamides is 1. The summed E-state index contributed by atoms with van der Waals surface area (Å²) in [6.07, 6.45) is 6.67. The Morgan fingerprint density at radius 3 is 2.65 bits per heavy atom. The Morgan fingerprint density at radius 2 is 2.00 bits per heavy atom. The van der Waals surface area contributed by atoms with Crippen LogP contribution in [0.4, 0.5) is 0 Å². The zero-order valence-electron chi connectivity index (χ0n) is 9.27. The van der Waals surface area contributed by atoms with Crippen molar-refractivity contribution in [3.05, 3.63) is 40.9 Å². The van der Waals surface area contributed by atoms with Crippen molar-refractivity contribution in [3.63, 3.8) is 0 Å². The number of hydrogen-bond donors (Lipinski definition) is 1. The predicted octanol–water partition coefficient (Wildman–Crippen LogP) is 2.84. The van der Waals surface area contributed by atoms with Crippen LogP contribution in [0.5, 0.6) is 0 Å². The summed E-state index contributed by atoms with van der Waals surface area (Å²) in [5.41, 5.74) is 0. The number of rotatable bonds is 3. The lowest BCUT2D eigenvalue weighted by Crippen LogP contribution is -2.35. The maximum Gasteiger partial charge on any atom is 0.241 e. The van der Waals surface area contributed by atoms with Crippen molar-refractivity contribution in [2.24, 2.45) is 0 Å². The topological polar surface area (TPSA) is 46.2 Å². The summed E-state index contributed by atoms with van der Waals surface area (Å²) >= 11 is 3.26. The zero-order valence-corrected chi connectivity index (χ0v) is 11.7. The molecule has 0 aliphatic heterocycles. The highest BCUT2D eigenvalue weighted by molar-refractivity contribution is 9.10. The fourth-order valence-corrected chi connectivity index (χ4v) is 4.13. The monoisotopic (exact) mass is 315 g/mol. The van der Waals surface area contributed by atoms with Gasteiger partial charge in [0, 0.05) is 10.5 Å². The van der Waals surface area contributed by atoms with Gasteiger partial charge in [0.1, 0.15) is 0 Å². The largest absolute Gasteiger partial charge is 0.241 e. The molecular formula is C12H14BrNO2S. The van der Waals surface area contributed by atoms with Crippen LogP contribution in [0.1, 0.15) is 19.3 Å². The molecule has 92 valence electrons. The van der Waals surface area contributed by atoms with Crippen LogP contribution in [0.3, 0.4) is 0 Å². The van der Waals surface area contributed by atoms with E-state index in [2.05, 4.69) is 26.7 Å². The summed E-state index contributed by atoms with van der Waals surface area (Å²) in [6, 6.07) is 6.87. The second kappa shape index (κ2) is 5.33. The van der Waals surface area contributed by atoms with Crippen molar-refractivity contribution < 1.29 is 8.42 Å². The summed E-state index contributed by atoms with van der Waals surface area (Å²) in [5.74, 6) is 0. The number of benzene rings is 1. The molecule has 1 atom stereocenters. The molecule has 1 aliphatic carbocycles. The van der Waals surface area contributed by atoms with Crippen LogP contribution in [0.15, 0.2) is 45.8 Å². The van der Waals surface area contributed by atoms with E-state index in [1.165, 1.54) is 0 Å². The molecule has 0 spiro atoms. The van der Waals surface area contributed by atoms with Gasteiger partial charge in [0.25, 0.3) is 0 Å². The second-order valence-electron chi connectivity index (χ2n) is 4.03. The van der Waals surface area contributed by atoms with Crippen LogP contribution < -0.4 is 4.72 Å². The van der Waals surface area contributed by atoms with Gasteiger partial charge in [-0.15, -0.1) is 0 Å². The molecule has 0 radical (unpaired) electrons. The van der Waals surface area contributed by atoms with Gasteiger partial charge in [-0.05, 0) is 47.3 Å². The van der Waals surface area contributed by atoms with Crippen LogP contribution in [-0.4, -0.2) is 14.5 Å². The van der Waals surface area contributed by atoms with E-state index in [0.29, 0.717) is 9.37 Å². The normalized spacial score (nSPS) is 20.4. The molecule has 0 aromatic heterocycles. The SMILES string of the molecule is O=S(=O)(NC1CC=CCC1)c1ccccc1Br. The van der Waals surface area contributed by atoms with E-state index in [9.17, 15) is 8.42 Å². The van der Waals surface area contributed by atoms with Gasteiger partial charge in [-0.3, -0.25) is 0 Å². The predicted molar refractivity (Wildman–Crippen MR) is 71.2 cm³/mol. The highest BCUT2D eigenvalue weighted by atomic mass is 79.9. The smallest absolute Gasteiger partial charge is 0.208 e. The van der Waals surface area contributed by atoms with Gasteiger partial charge >= 0.3 is 0 Å². The molecule has 0 amide bonds. The van der Waals surface area contributed by atoms with Gasteiger partial charge in [0.15, 0.2) is 0 Å². The Hall–Kier alpha value is -0.650. The van der Waals surface area contributed by atoms with Crippen molar-refractivity contribution >= 4 is 26.0 Å². The summed E-state index contributed by atoms with van der Waals surface area (Å²) in [4.78, 5) is 0.301. The number of allylic oxidation sites excluding steroid dienone is 1. The Kier molecular flexibility index (Phi) is 4.01. The minimum Gasteiger partial charge on any atom is -0.208 e.